The molecule has 7 heteroatoms. The Morgan fingerprint density at radius 3 is 3.10 bits per heavy atom. The van der Waals surface area contributed by atoms with E-state index in [1.807, 2.05) is 0 Å². The molecule has 0 amide bonds. The van der Waals surface area contributed by atoms with Crippen LogP contribution in [0.2, 0.25) is 0 Å². The SMILES string of the molecule is CN1CCCC(CNc2ccc([N+](=O)[O-])c(C#N)n2)C1. The summed E-state index contributed by atoms with van der Waals surface area (Å²) < 4.78 is 0. The molecule has 1 N–H and O–H groups in total. The van der Waals surface area contributed by atoms with Gasteiger partial charge < -0.3 is 10.2 Å². The van der Waals surface area contributed by atoms with Crippen LogP contribution < -0.4 is 5.32 Å². The largest absolute Gasteiger partial charge is 0.370 e. The van der Waals surface area contributed by atoms with Crippen molar-refractivity contribution in [2.75, 3.05) is 32.0 Å². The van der Waals surface area contributed by atoms with Gasteiger partial charge in [-0.05, 0) is 38.4 Å². The number of likely N-dealkylation sites (tertiary alicyclic amines) is 1. The average molecular weight is 275 g/mol. The van der Waals surface area contributed by atoms with Gasteiger partial charge in [0, 0.05) is 19.2 Å². The second-order valence-electron chi connectivity index (χ2n) is 5.08. The molecule has 1 atom stereocenters. The number of nitrogens with zero attached hydrogens (tertiary/aromatic N) is 4. The molecule has 20 heavy (non-hydrogen) atoms. The molecule has 106 valence electrons. The van der Waals surface area contributed by atoms with Gasteiger partial charge in [0.15, 0.2) is 0 Å². The predicted octanol–water partition coefficient (Wildman–Crippen LogP) is 1.62. The van der Waals surface area contributed by atoms with Crippen molar-refractivity contribution >= 4 is 11.5 Å². The van der Waals surface area contributed by atoms with E-state index in [9.17, 15) is 10.1 Å². The Bertz CT molecular complexity index is 540. The van der Waals surface area contributed by atoms with Crippen molar-refractivity contribution in [1.82, 2.24) is 9.88 Å². The average Bonchev–Trinajstić information content (AvgIpc) is 2.44. The summed E-state index contributed by atoms with van der Waals surface area (Å²) >= 11 is 0. The second kappa shape index (κ2) is 6.30. The van der Waals surface area contributed by atoms with Crippen LogP contribution in [0.4, 0.5) is 11.5 Å². The summed E-state index contributed by atoms with van der Waals surface area (Å²) in [6.07, 6.45) is 2.34. The highest BCUT2D eigenvalue weighted by molar-refractivity contribution is 5.50. The summed E-state index contributed by atoms with van der Waals surface area (Å²) in [6.45, 7) is 2.93. The molecule has 2 rings (SSSR count). The third kappa shape index (κ3) is 3.42. The number of rotatable bonds is 4. The van der Waals surface area contributed by atoms with Crippen LogP contribution in [0.5, 0.6) is 0 Å². The molecule has 0 radical (unpaired) electrons. The normalized spacial score (nSPS) is 19.3. The molecule has 1 saturated heterocycles. The standard InChI is InChI=1S/C13H17N5O2/c1-17-6-2-3-10(9-17)8-15-13-5-4-12(18(19)20)11(7-14)16-13/h4-5,10H,2-3,6,8-9H2,1H3,(H,15,16). The molecular weight excluding hydrogens is 258 g/mol. The predicted molar refractivity (Wildman–Crippen MR) is 74.3 cm³/mol. The van der Waals surface area contributed by atoms with Gasteiger partial charge >= 0.3 is 5.69 Å². The minimum atomic E-state index is -0.592. The summed E-state index contributed by atoms with van der Waals surface area (Å²) in [6, 6.07) is 4.63. The lowest BCUT2D eigenvalue weighted by molar-refractivity contribution is -0.385. The highest BCUT2D eigenvalue weighted by Gasteiger charge is 2.18. The van der Waals surface area contributed by atoms with Crippen molar-refractivity contribution < 1.29 is 4.92 Å². The molecule has 1 aliphatic heterocycles. The number of aromatic nitrogens is 1. The summed E-state index contributed by atoms with van der Waals surface area (Å²) in [4.78, 5) is 16.4. The van der Waals surface area contributed by atoms with Crippen LogP contribution in [-0.2, 0) is 0 Å². The van der Waals surface area contributed by atoms with Crippen molar-refractivity contribution in [2.24, 2.45) is 5.92 Å². The highest BCUT2D eigenvalue weighted by Crippen LogP contribution is 2.19. The topological polar surface area (TPSA) is 95.1 Å². The number of pyridine rings is 1. The van der Waals surface area contributed by atoms with Gasteiger partial charge in [-0.1, -0.05) is 0 Å². The number of hydrogen-bond acceptors (Lipinski definition) is 6. The third-order valence-electron chi connectivity index (χ3n) is 3.47. The second-order valence-corrected chi connectivity index (χ2v) is 5.08. The number of nitriles is 1. The fourth-order valence-electron chi connectivity index (χ4n) is 2.47. The molecule has 2 heterocycles. The highest BCUT2D eigenvalue weighted by atomic mass is 16.6. The molecule has 1 aromatic heterocycles. The van der Waals surface area contributed by atoms with E-state index in [1.54, 1.807) is 12.1 Å². The van der Waals surface area contributed by atoms with Crippen LogP contribution in [0.3, 0.4) is 0 Å². The van der Waals surface area contributed by atoms with Crippen LogP contribution in [0.25, 0.3) is 0 Å². The zero-order chi connectivity index (χ0) is 14.5. The first-order valence-electron chi connectivity index (χ1n) is 6.58. The Balaban J connectivity index is 2.00. The van der Waals surface area contributed by atoms with E-state index in [1.165, 1.54) is 12.5 Å². The molecule has 0 bridgehead atoms. The fourth-order valence-corrected chi connectivity index (χ4v) is 2.47. The summed E-state index contributed by atoms with van der Waals surface area (Å²) in [7, 11) is 2.10. The maximum Gasteiger partial charge on any atom is 0.305 e. The summed E-state index contributed by atoms with van der Waals surface area (Å²) in [5.74, 6) is 1.05. The Morgan fingerprint density at radius 1 is 1.65 bits per heavy atom. The lowest BCUT2D eigenvalue weighted by Crippen LogP contribution is -2.35. The molecule has 1 aromatic rings. The quantitative estimate of drug-likeness (QED) is 0.662. The Morgan fingerprint density at radius 2 is 2.45 bits per heavy atom. The first-order valence-corrected chi connectivity index (χ1v) is 6.58. The number of anilines is 1. The van der Waals surface area contributed by atoms with Gasteiger partial charge in [0.2, 0.25) is 5.69 Å². The first kappa shape index (κ1) is 14.2. The zero-order valence-electron chi connectivity index (χ0n) is 11.4. The number of nitrogens with one attached hydrogen (secondary N) is 1. The molecule has 0 aromatic carbocycles. The monoisotopic (exact) mass is 275 g/mol. The van der Waals surface area contributed by atoms with Crippen molar-refractivity contribution in [3.05, 3.63) is 27.9 Å². The minimum Gasteiger partial charge on any atom is -0.370 e. The van der Waals surface area contributed by atoms with E-state index in [-0.39, 0.29) is 11.4 Å². The van der Waals surface area contributed by atoms with E-state index < -0.39 is 4.92 Å². The van der Waals surface area contributed by atoms with Crippen LogP contribution in [0.1, 0.15) is 18.5 Å². The smallest absolute Gasteiger partial charge is 0.305 e. The lowest BCUT2D eigenvalue weighted by atomic mass is 9.98. The molecular formula is C13H17N5O2. The Labute approximate surface area is 117 Å². The zero-order valence-corrected chi connectivity index (χ0v) is 11.4. The third-order valence-corrected chi connectivity index (χ3v) is 3.47. The number of nitro groups is 1. The van der Waals surface area contributed by atoms with Crippen molar-refractivity contribution in [3.63, 3.8) is 0 Å². The van der Waals surface area contributed by atoms with Gasteiger partial charge in [-0.15, -0.1) is 0 Å². The van der Waals surface area contributed by atoms with Crippen LogP contribution in [0.15, 0.2) is 12.1 Å². The summed E-state index contributed by atoms with van der Waals surface area (Å²) in [5.41, 5.74) is -0.406. The van der Waals surface area contributed by atoms with E-state index in [2.05, 4.69) is 22.2 Å². The Kier molecular flexibility index (Phi) is 4.48. The van der Waals surface area contributed by atoms with Gasteiger partial charge in [0.1, 0.15) is 11.9 Å². The lowest BCUT2D eigenvalue weighted by Gasteiger charge is -2.29. The first-order chi connectivity index (χ1) is 9.60. The molecule has 7 nitrogen and oxygen atoms in total. The molecule has 0 saturated carbocycles. The number of piperidine rings is 1. The molecule has 0 aliphatic carbocycles. The maximum absolute atomic E-state index is 10.7. The summed E-state index contributed by atoms with van der Waals surface area (Å²) in [5, 5.41) is 22.8. The Hall–Kier alpha value is -2.20. The van der Waals surface area contributed by atoms with Gasteiger partial charge in [0.25, 0.3) is 0 Å². The van der Waals surface area contributed by atoms with E-state index in [4.69, 9.17) is 5.26 Å². The van der Waals surface area contributed by atoms with Crippen molar-refractivity contribution in [2.45, 2.75) is 12.8 Å². The van der Waals surface area contributed by atoms with E-state index in [0.29, 0.717) is 11.7 Å². The van der Waals surface area contributed by atoms with Gasteiger partial charge in [-0.2, -0.15) is 5.26 Å². The minimum absolute atomic E-state index is 0.152. The van der Waals surface area contributed by atoms with Gasteiger partial charge in [-0.25, -0.2) is 4.98 Å². The van der Waals surface area contributed by atoms with Gasteiger partial charge in [-0.3, -0.25) is 10.1 Å². The van der Waals surface area contributed by atoms with Crippen LogP contribution >= 0.6 is 0 Å². The molecule has 0 spiro atoms. The molecule has 1 fully saturated rings. The van der Waals surface area contributed by atoms with Crippen LogP contribution in [-0.4, -0.2) is 41.5 Å². The van der Waals surface area contributed by atoms with Crippen molar-refractivity contribution in [3.8, 4) is 6.07 Å². The fraction of sp³-hybridized carbons (Fsp3) is 0.538. The molecule has 1 unspecified atom stereocenters. The van der Waals surface area contributed by atoms with Gasteiger partial charge in [0.05, 0.1) is 4.92 Å². The van der Waals surface area contributed by atoms with E-state index in [0.717, 1.165) is 26.1 Å². The van der Waals surface area contributed by atoms with E-state index >= 15 is 0 Å². The van der Waals surface area contributed by atoms with Crippen LogP contribution in [0, 0.1) is 27.4 Å². The maximum atomic E-state index is 10.7. The van der Waals surface area contributed by atoms with Crippen molar-refractivity contribution in [1.29, 1.82) is 5.26 Å². The number of hydrogen-bond donors (Lipinski definition) is 1. The molecule has 1 aliphatic rings.